The van der Waals surface area contributed by atoms with Crippen molar-refractivity contribution in [3.63, 3.8) is 0 Å². The van der Waals surface area contributed by atoms with Gasteiger partial charge in [0.15, 0.2) is 0 Å². The third-order valence-corrected chi connectivity index (χ3v) is 5.04. The van der Waals surface area contributed by atoms with E-state index in [0.717, 1.165) is 5.56 Å². The fourth-order valence-corrected chi connectivity index (χ4v) is 3.47. The normalized spacial score (nSPS) is 12.4. The number of nitrogens with zero attached hydrogens (tertiary/aromatic N) is 2. The summed E-state index contributed by atoms with van der Waals surface area (Å²) in [5.41, 5.74) is 0.381. The Hall–Kier alpha value is -2.72. The van der Waals surface area contributed by atoms with Crippen LogP contribution < -0.4 is 0 Å². The number of hydrogen-bond acceptors (Lipinski definition) is 4. The zero-order valence-electron chi connectivity index (χ0n) is 11.6. The number of nitro groups is 1. The first-order valence-corrected chi connectivity index (χ1v) is 7.83. The summed E-state index contributed by atoms with van der Waals surface area (Å²) in [5, 5.41) is 9.42. The molecule has 22 heavy (non-hydrogen) atoms. The molecule has 0 spiro atoms. The molecule has 0 fully saturated rings. The lowest BCUT2D eigenvalue weighted by atomic mass is 10.2. The second-order valence-corrected chi connectivity index (χ2v) is 6.66. The van der Waals surface area contributed by atoms with Crippen LogP contribution in [0.1, 0.15) is 16.5 Å². The first kappa shape index (κ1) is 15.7. The largest absolute Gasteiger partial charge is 0.356 e. The first-order chi connectivity index (χ1) is 10.4. The summed E-state index contributed by atoms with van der Waals surface area (Å²) >= 11 is 0. The van der Waals surface area contributed by atoms with Crippen molar-refractivity contribution < 1.29 is 13.3 Å². The molecule has 1 atom stereocenters. The van der Waals surface area contributed by atoms with E-state index in [1.807, 2.05) is 6.92 Å². The Kier molecular flexibility index (Phi) is 4.24. The molecule has 7 heteroatoms. The van der Waals surface area contributed by atoms with Gasteiger partial charge in [-0.05, 0) is 25.1 Å². The lowest BCUT2D eigenvalue weighted by molar-refractivity contribution is -0.385. The Bertz CT molecular complexity index is 852. The Morgan fingerprint density at radius 1 is 1.14 bits per heavy atom. The average molecular weight is 316 g/mol. The van der Waals surface area contributed by atoms with Crippen molar-refractivity contribution in [1.29, 1.82) is 0 Å². The molecule has 2 aromatic carbocycles. The molecule has 0 saturated heterocycles. The van der Waals surface area contributed by atoms with Gasteiger partial charge in [-0.3, -0.25) is 15.0 Å². The molecule has 6 nitrogen and oxygen atoms in total. The molecule has 0 aromatic heterocycles. The molecule has 0 saturated carbocycles. The highest BCUT2D eigenvalue weighted by atomic mass is 32.2. The van der Waals surface area contributed by atoms with Crippen LogP contribution in [0.4, 0.5) is 5.69 Å². The summed E-state index contributed by atoms with van der Waals surface area (Å²) in [5.74, 6) is 0. The molecule has 1 unspecified atom stereocenters. The standard InChI is InChI=1S/C15H12N2O4S/c1-11-7-9-12(10-8-11)22(20,21)15(16-2)13-5-3-4-6-14(13)17(18)19/h3-10,15H,1H3. The van der Waals surface area contributed by atoms with Gasteiger partial charge in [0.2, 0.25) is 0 Å². The predicted octanol–water partition coefficient (Wildman–Crippen LogP) is 3.30. The lowest BCUT2D eigenvalue weighted by Crippen LogP contribution is -2.12. The van der Waals surface area contributed by atoms with Gasteiger partial charge in [0.1, 0.15) is 5.56 Å². The number of aryl methyl sites for hydroxylation is 1. The van der Waals surface area contributed by atoms with Gasteiger partial charge in [-0.2, -0.15) is 0 Å². The number of para-hydroxylation sites is 1. The zero-order chi connectivity index (χ0) is 16.3. The molecule has 0 heterocycles. The van der Waals surface area contributed by atoms with Crippen LogP contribution in [0.25, 0.3) is 4.85 Å². The van der Waals surface area contributed by atoms with Crippen LogP contribution in [0.3, 0.4) is 0 Å². The summed E-state index contributed by atoms with van der Waals surface area (Å²) in [7, 11) is -4.04. The molecule has 2 aromatic rings. The third kappa shape index (κ3) is 2.82. The molecular weight excluding hydrogens is 304 g/mol. The minimum atomic E-state index is -4.04. The Balaban J connectivity index is 2.60. The topological polar surface area (TPSA) is 81.6 Å². The zero-order valence-corrected chi connectivity index (χ0v) is 12.4. The maximum absolute atomic E-state index is 12.6. The molecule has 0 amide bonds. The predicted molar refractivity (Wildman–Crippen MR) is 80.8 cm³/mol. The second-order valence-electron chi connectivity index (χ2n) is 4.66. The summed E-state index contributed by atoms with van der Waals surface area (Å²) in [6.07, 6.45) is 0. The molecular formula is C15H12N2O4S. The Morgan fingerprint density at radius 2 is 1.73 bits per heavy atom. The highest BCUT2D eigenvalue weighted by molar-refractivity contribution is 7.91. The molecule has 0 bridgehead atoms. The number of rotatable bonds is 4. The van der Waals surface area contributed by atoms with Crippen molar-refractivity contribution in [3.05, 3.63) is 81.2 Å². The maximum atomic E-state index is 12.6. The van der Waals surface area contributed by atoms with Crippen LogP contribution >= 0.6 is 0 Å². The van der Waals surface area contributed by atoms with Gasteiger partial charge in [-0.15, -0.1) is 0 Å². The van der Waals surface area contributed by atoms with Crippen molar-refractivity contribution in [2.45, 2.75) is 17.2 Å². The highest BCUT2D eigenvalue weighted by Gasteiger charge is 2.39. The minimum absolute atomic E-state index is 0.0303. The van der Waals surface area contributed by atoms with Crippen molar-refractivity contribution >= 4 is 15.5 Å². The third-order valence-electron chi connectivity index (χ3n) is 3.16. The van der Waals surface area contributed by atoms with Gasteiger partial charge < -0.3 is 0 Å². The Labute approximate surface area is 127 Å². The van der Waals surface area contributed by atoms with E-state index < -0.39 is 20.1 Å². The number of benzene rings is 2. The Morgan fingerprint density at radius 3 is 2.27 bits per heavy atom. The van der Waals surface area contributed by atoms with E-state index in [1.165, 1.54) is 36.4 Å². The van der Waals surface area contributed by atoms with Gasteiger partial charge in [-0.1, -0.05) is 29.8 Å². The molecule has 0 N–H and O–H groups in total. The molecule has 0 aliphatic carbocycles. The van der Waals surface area contributed by atoms with Gasteiger partial charge in [-0.25, -0.2) is 15.0 Å². The highest BCUT2D eigenvalue weighted by Crippen LogP contribution is 2.35. The van der Waals surface area contributed by atoms with Crippen LogP contribution in [0, 0.1) is 23.6 Å². The van der Waals surface area contributed by atoms with E-state index >= 15 is 0 Å². The van der Waals surface area contributed by atoms with E-state index in [-0.39, 0.29) is 16.1 Å². The summed E-state index contributed by atoms with van der Waals surface area (Å²) in [6.45, 7) is 9.02. The van der Waals surface area contributed by atoms with Crippen molar-refractivity contribution in [2.75, 3.05) is 0 Å². The summed E-state index contributed by atoms with van der Waals surface area (Å²) in [4.78, 5) is 13.5. The number of nitro benzene ring substituents is 1. The van der Waals surface area contributed by atoms with E-state index in [4.69, 9.17) is 6.57 Å². The maximum Gasteiger partial charge on any atom is 0.356 e. The summed E-state index contributed by atoms with van der Waals surface area (Å²) in [6, 6.07) is 11.4. The van der Waals surface area contributed by atoms with Gasteiger partial charge in [0, 0.05) is 6.07 Å². The SMILES string of the molecule is [C-]#[N+]C(c1ccccc1[N+](=O)[O-])S(=O)(=O)c1ccc(C)cc1. The molecule has 0 radical (unpaired) electrons. The lowest BCUT2D eigenvalue weighted by Gasteiger charge is -2.08. The van der Waals surface area contributed by atoms with Crippen molar-refractivity contribution in [1.82, 2.24) is 0 Å². The second kappa shape index (κ2) is 5.95. The number of hydrogen-bond donors (Lipinski definition) is 0. The van der Waals surface area contributed by atoms with Crippen LogP contribution in [-0.2, 0) is 9.84 Å². The van der Waals surface area contributed by atoms with Crippen LogP contribution in [0.2, 0.25) is 0 Å². The van der Waals surface area contributed by atoms with E-state index in [1.54, 1.807) is 12.1 Å². The molecule has 0 aliphatic rings. The monoisotopic (exact) mass is 316 g/mol. The fraction of sp³-hybridized carbons (Fsp3) is 0.133. The average Bonchev–Trinajstić information content (AvgIpc) is 2.48. The fourth-order valence-electron chi connectivity index (χ4n) is 2.03. The smallest absolute Gasteiger partial charge is 0.290 e. The number of sulfone groups is 1. The van der Waals surface area contributed by atoms with E-state index in [0.29, 0.717) is 0 Å². The van der Waals surface area contributed by atoms with Crippen LogP contribution in [-0.4, -0.2) is 13.3 Å². The first-order valence-electron chi connectivity index (χ1n) is 6.28. The molecule has 112 valence electrons. The molecule has 0 aliphatic heterocycles. The van der Waals surface area contributed by atoms with E-state index in [9.17, 15) is 18.5 Å². The van der Waals surface area contributed by atoms with Crippen LogP contribution in [0.15, 0.2) is 53.4 Å². The van der Waals surface area contributed by atoms with E-state index in [2.05, 4.69) is 4.85 Å². The van der Waals surface area contributed by atoms with Gasteiger partial charge in [0.25, 0.3) is 15.5 Å². The minimum Gasteiger partial charge on any atom is -0.290 e. The summed E-state index contributed by atoms with van der Waals surface area (Å²) < 4.78 is 25.2. The molecule has 2 rings (SSSR count). The van der Waals surface area contributed by atoms with Crippen molar-refractivity contribution in [2.24, 2.45) is 0 Å². The van der Waals surface area contributed by atoms with Crippen molar-refractivity contribution in [3.8, 4) is 0 Å². The quantitative estimate of drug-likeness (QED) is 0.492. The van der Waals surface area contributed by atoms with Crippen LogP contribution in [0.5, 0.6) is 0 Å². The van der Waals surface area contributed by atoms with Gasteiger partial charge in [0.05, 0.1) is 9.82 Å². The van der Waals surface area contributed by atoms with Gasteiger partial charge >= 0.3 is 5.37 Å².